The predicted octanol–water partition coefficient (Wildman–Crippen LogP) is 3.87. The summed E-state index contributed by atoms with van der Waals surface area (Å²) in [6.07, 6.45) is 7.56. The van der Waals surface area contributed by atoms with Crippen LogP contribution in [0, 0.1) is 0 Å². The van der Waals surface area contributed by atoms with E-state index in [1.807, 2.05) is 63.6 Å². The van der Waals surface area contributed by atoms with Crippen molar-refractivity contribution in [3.8, 4) is 11.1 Å². The first kappa shape index (κ1) is 17.1. The lowest BCUT2D eigenvalue weighted by atomic mass is 9.97. The van der Waals surface area contributed by atoms with Crippen molar-refractivity contribution in [1.29, 1.82) is 0 Å². The Bertz CT molecular complexity index is 1110. The highest BCUT2D eigenvalue weighted by molar-refractivity contribution is 7.12. The first-order valence-electron chi connectivity index (χ1n) is 9.37. The Morgan fingerprint density at radius 3 is 2.93 bits per heavy atom. The molecule has 5 rings (SSSR count). The van der Waals surface area contributed by atoms with E-state index in [4.69, 9.17) is 10.1 Å². The third-order valence-corrected chi connectivity index (χ3v) is 6.01. The zero-order chi connectivity index (χ0) is 18.9. The molecule has 1 amide bonds. The third kappa shape index (κ3) is 3.18. The Kier molecular flexibility index (Phi) is 4.37. The molecule has 0 saturated carbocycles. The van der Waals surface area contributed by atoms with E-state index in [1.54, 1.807) is 6.20 Å². The molecule has 0 spiro atoms. The molecule has 5 heterocycles. The maximum Gasteiger partial charge on any atom is 0.263 e. The largest absolute Gasteiger partial charge is 0.337 e. The van der Waals surface area contributed by atoms with Gasteiger partial charge in [-0.15, -0.1) is 11.3 Å². The van der Waals surface area contributed by atoms with E-state index in [0.717, 1.165) is 46.9 Å². The van der Waals surface area contributed by atoms with Gasteiger partial charge in [-0.3, -0.25) is 9.78 Å². The molecule has 4 aromatic rings. The number of carbonyl (C=O) groups excluding carboxylic acids is 1. The Morgan fingerprint density at radius 2 is 2.11 bits per heavy atom. The fraction of sp³-hybridized carbons (Fsp3) is 0.238. The summed E-state index contributed by atoms with van der Waals surface area (Å²) in [4.78, 5) is 24.3. The summed E-state index contributed by atoms with van der Waals surface area (Å²) < 4.78 is 1.83. The number of aromatic nitrogens is 4. The zero-order valence-corrected chi connectivity index (χ0v) is 16.0. The summed E-state index contributed by atoms with van der Waals surface area (Å²) >= 11 is 1.49. The molecule has 7 heteroatoms. The summed E-state index contributed by atoms with van der Waals surface area (Å²) in [6.45, 7) is 1.47. The highest BCUT2D eigenvalue weighted by atomic mass is 32.1. The highest BCUT2D eigenvalue weighted by Gasteiger charge is 2.28. The Hall–Kier alpha value is -3.06. The molecule has 0 unspecified atom stereocenters. The molecule has 4 aromatic heterocycles. The van der Waals surface area contributed by atoms with Gasteiger partial charge in [-0.1, -0.05) is 12.1 Å². The van der Waals surface area contributed by atoms with E-state index in [9.17, 15) is 4.79 Å². The van der Waals surface area contributed by atoms with Crippen molar-refractivity contribution in [2.75, 3.05) is 13.1 Å². The van der Waals surface area contributed by atoms with Crippen LogP contribution >= 0.6 is 11.3 Å². The molecule has 0 radical (unpaired) electrons. The number of pyridine rings is 2. The van der Waals surface area contributed by atoms with Gasteiger partial charge in [-0.25, -0.2) is 9.50 Å². The molecule has 0 aromatic carbocycles. The Balaban J connectivity index is 1.40. The fourth-order valence-corrected chi connectivity index (χ4v) is 4.40. The SMILES string of the molecule is O=C(c1cccs1)N1CCC[C@@H](c2nc3ccc(-c4cccnc4)cn3n2)C1. The van der Waals surface area contributed by atoms with Gasteiger partial charge in [0, 0.05) is 48.7 Å². The Morgan fingerprint density at radius 1 is 1.14 bits per heavy atom. The summed E-state index contributed by atoms with van der Waals surface area (Å²) in [5.74, 6) is 1.09. The van der Waals surface area contributed by atoms with Crippen molar-refractivity contribution >= 4 is 22.9 Å². The monoisotopic (exact) mass is 389 g/mol. The number of hydrogen-bond donors (Lipinski definition) is 0. The van der Waals surface area contributed by atoms with Crippen LogP contribution in [-0.4, -0.2) is 43.5 Å². The van der Waals surface area contributed by atoms with Gasteiger partial charge in [-0.2, -0.15) is 5.10 Å². The molecule has 0 aliphatic carbocycles. The average Bonchev–Trinajstić information content (AvgIpc) is 3.43. The lowest BCUT2D eigenvalue weighted by Crippen LogP contribution is -2.39. The van der Waals surface area contributed by atoms with Crippen LogP contribution in [0.15, 0.2) is 60.4 Å². The number of amides is 1. The Labute approximate surface area is 166 Å². The smallest absolute Gasteiger partial charge is 0.263 e. The van der Waals surface area contributed by atoms with Crippen LogP contribution in [0.3, 0.4) is 0 Å². The van der Waals surface area contributed by atoms with Crippen molar-refractivity contribution < 1.29 is 4.79 Å². The molecule has 28 heavy (non-hydrogen) atoms. The van der Waals surface area contributed by atoms with Gasteiger partial charge in [0.05, 0.1) is 4.88 Å². The van der Waals surface area contributed by atoms with Crippen LogP contribution < -0.4 is 0 Å². The molecule has 140 valence electrons. The van der Waals surface area contributed by atoms with Crippen molar-refractivity contribution in [3.05, 3.63) is 71.1 Å². The van der Waals surface area contributed by atoms with Gasteiger partial charge in [0.15, 0.2) is 11.5 Å². The summed E-state index contributed by atoms with van der Waals surface area (Å²) in [5.41, 5.74) is 2.92. The van der Waals surface area contributed by atoms with Gasteiger partial charge in [0.1, 0.15) is 0 Å². The topological polar surface area (TPSA) is 63.4 Å². The lowest BCUT2D eigenvalue weighted by Gasteiger charge is -2.31. The van der Waals surface area contributed by atoms with E-state index < -0.39 is 0 Å². The van der Waals surface area contributed by atoms with Crippen LogP contribution in [-0.2, 0) is 0 Å². The minimum Gasteiger partial charge on any atom is -0.337 e. The predicted molar refractivity (Wildman–Crippen MR) is 108 cm³/mol. The van der Waals surface area contributed by atoms with Crippen molar-refractivity contribution in [3.63, 3.8) is 0 Å². The molecule has 1 atom stereocenters. The number of nitrogens with zero attached hydrogens (tertiary/aromatic N) is 5. The standard InChI is InChI=1S/C21H19N5OS/c27-21(18-6-3-11-28-18)25-10-2-5-17(13-25)20-23-19-8-7-16(14-26(19)24-20)15-4-1-9-22-12-15/h1,3-4,6-9,11-12,14,17H,2,5,10,13H2/t17-/m1/s1. The van der Waals surface area contributed by atoms with Crippen LogP contribution in [0.5, 0.6) is 0 Å². The van der Waals surface area contributed by atoms with Crippen LogP contribution in [0.4, 0.5) is 0 Å². The van der Waals surface area contributed by atoms with Gasteiger partial charge in [-0.05, 0) is 42.5 Å². The van der Waals surface area contributed by atoms with Gasteiger partial charge < -0.3 is 4.90 Å². The van der Waals surface area contributed by atoms with Gasteiger partial charge >= 0.3 is 0 Å². The maximum atomic E-state index is 12.7. The summed E-state index contributed by atoms with van der Waals surface area (Å²) in [5, 5.41) is 6.67. The third-order valence-electron chi connectivity index (χ3n) is 5.15. The second-order valence-corrected chi connectivity index (χ2v) is 7.95. The van der Waals surface area contributed by atoms with Crippen LogP contribution in [0.25, 0.3) is 16.8 Å². The van der Waals surface area contributed by atoms with Gasteiger partial charge in [0.2, 0.25) is 0 Å². The molecule has 1 saturated heterocycles. The second-order valence-electron chi connectivity index (χ2n) is 7.00. The molecule has 1 aliphatic heterocycles. The summed E-state index contributed by atoms with van der Waals surface area (Å²) in [7, 11) is 0. The number of likely N-dealkylation sites (tertiary alicyclic amines) is 1. The number of thiophene rings is 1. The lowest BCUT2D eigenvalue weighted by molar-refractivity contribution is 0.0709. The number of fused-ring (bicyclic) bond motifs is 1. The molecule has 0 N–H and O–H groups in total. The molecular weight excluding hydrogens is 370 g/mol. The normalized spacial score (nSPS) is 17.1. The molecule has 0 bridgehead atoms. The second kappa shape index (κ2) is 7.16. The van der Waals surface area contributed by atoms with Crippen LogP contribution in [0.2, 0.25) is 0 Å². The van der Waals surface area contributed by atoms with E-state index in [0.29, 0.717) is 6.54 Å². The number of piperidine rings is 1. The molecule has 1 aliphatic rings. The number of hydrogen-bond acceptors (Lipinski definition) is 5. The maximum absolute atomic E-state index is 12.7. The molecule has 6 nitrogen and oxygen atoms in total. The van der Waals surface area contributed by atoms with Crippen LogP contribution in [0.1, 0.15) is 34.3 Å². The van der Waals surface area contributed by atoms with E-state index in [-0.39, 0.29) is 11.8 Å². The van der Waals surface area contributed by atoms with Crippen molar-refractivity contribution in [2.45, 2.75) is 18.8 Å². The quantitative estimate of drug-likeness (QED) is 0.534. The first-order chi connectivity index (χ1) is 13.8. The highest BCUT2D eigenvalue weighted by Crippen LogP contribution is 2.27. The van der Waals surface area contributed by atoms with E-state index in [2.05, 4.69) is 4.98 Å². The first-order valence-corrected chi connectivity index (χ1v) is 10.3. The number of rotatable bonds is 3. The molecular formula is C21H19N5OS. The number of carbonyl (C=O) groups is 1. The minimum atomic E-state index is 0.113. The zero-order valence-electron chi connectivity index (χ0n) is 15.2. The summed E-state index contributed by atoms with van der Waals surface area (Å²) in [6, 6.07) is 11.8. The van der Waals surface area contributed by atoms with Crippen molar-refractivity contribution in [1.82, 2.24) is 24.5 Å². The molecule has 1 fully saturated rings. The van der Waals surface area contributed by atoms with E-state index in [1.165, 1.54) is 11.3 Å². The minimum absolute atomic E-state index is 0.113. The average molecular weight is 389 g/mol. The van der Waals surface area contributed by atoms with Crippen molar-refractivity contribution in [2.24, 2.45) is 0 Å². The van der Waals surface area contributed by atoms with E-state index >= 15 is 0 Å². The fourth-order valence-electron chi connectivity index (χ4n) is 3.71. The van der Waals surface area contributed by atoms with Gasteiger partial charge in [0.25, 0.3) is 5.91 Å².